The minimum atomic E-state index is -0.844. The van der Waals surface area contributed by atoms with Gasteiger partial charge in [-0.25, -0.2) is 4.79 Å². The molecule has 0 aliphatic carbocycles. The van der Waals surface area contributed by atoms with E-state index in [0.29, 0.717) is 5.56 Å². The molecular weight excluding hydrogens is 286 g/mol. The minimum Gasteiger partial charge on any atom is -0.478 e. The average Bonchev–Trinajstić information content (AvgIpc) is 2.70. The van der Waals surface area contributed by atoms with Crippen LogP contribution in [-0.4, -0.2) is 15.6 Å². The maximum absolute atomic E-state index is 11.9. The third kappa shape index (κ3) is 3.01. The molecule has 0 aliphatic heterocycles. The lowest BCUT2D eigenvalue weighted by Gasteiger charge is -2.21. The molecule has 0 aliphatic rings. The summed E-state index contributed by atoms with van der Waals surface area (Å²) in [6.45, 7) is 14.9. The Bertz CT molecular complexity index is 745. The molecule has 0 atom stereocenters. The number of nitrogens with zero attached hydrogens (tertiary/aromatic N) is 1. The van der Waals surface area contributed by atoms with Crippen molar-refractivity contribution in [1.29, 1.82) is 0 Å². The van der Waals surface area contributed by atoms with Crippen LogP contribution >= 0.6 is 0 Å². The molecule has 0 bridgehead atoms. The van der Waals surface area contributed by atoms with Crippen molar-refractivity contribution in [2.45, 2.75) is 72.8 Å². The van der Waals surface area contributed by atoms with Crippen LogP contribution in [0.25, 0.3) is 10.9 Å². The van der Waals surface area contributed by atoms with Crippen LogP contribution in [0.2, 0.25) is 0 Å². The largest absolute Gasteiger partial charge is 0.478 e. The Morgan fingerprint density at radius 2 is 1.87 bits per heavy atom. The fraction of sp³-hybridized carbons (Fsp3) is 0.550. The quantitative estimate of drug-likeness (QED) is 0.812. The molecule has 3 nitrogen and oxygen atoms in total. The number of aryl methyl sites for hydroxylation is 1. The van der Waals surface area contributed by atoms with E-state index < -0.39 is 5.97 Å². The first-order valence-corrected chi connectivity index (χ1v) is 8.50. The summed E-state index contributed by atoms with van der Waals surface area (Å²) in [6.07, 6.45) is 2.04. The molecule has 2 rings (SSSR count). The third-order valence-electron chi connectivity index (χ3n) is 4.59. The number of aromatic carboxylic acids is 1. The fourth-order valence-corrected chi connectivity index (χ4v) is 3.44. The van der Waals surface area contributed by atoms with Crippen LogP contribution in [0, 0.1) is 6.92 Å². The Balaban J connectivity index is 3.00. The Kier molecular flexibility index (Phi) is 4.61. The van der Waals surface area contributed by atoms with Crippen LogP contribution in [0.4, 0.5) is 0 Å². The molecule has 2 aromatic rings. The molecular formula is C20H29NO2. The van der Waals surface area contributed by atoms with Gasteiger partial charge in [-0.2, -0.15) is 0 Å². The highest BCUT2D eigenvalue weighted by Crippen LogP contribution is 2.36. The zero-order valence-corrected chi connectivity index (χ0v) is 15.4. The highest BCUT2D eigenvalue weighted by molar-refractivity contribution is 6.04. The molecule has 0 fully saturated rings. The Labute approximate surface area is 139 Å². The van der Waals surface area contributed by atoms with E-state index in [1.807, 2.05) is 6.07 Å². The van der Waals surface area contributed by atoms with Gasteiger partial charge in [-0.3, -0.25) is 0 Å². The monoisotopic (exact) mass is 315 g/mol. The Morgan fingerprint density at radius 1 is 1.26 bits per heavy atom. The molecule has 126 valence electrons. The zero-order chi connectivity index (χ0) is 17.5. The van der Waals surface area contributed by atoms with Crippen LogP contribution in [-0.2, 0) is 11.8 Å². The number of carboxylic acid groups (broad SMARTS) is 1. The van der Waals surface area contributed by atoms with Gasteiger partial charge in [0.2, 0.25) is 0 Å². The average molecular weight is 315 g/mol. The summed E-state index contributed by atoms with van der Waals surface area (Å²) >= 11 is 0. The van der Waals surface area contributed by atoms with Gasteiger partial charge in [0.05, 0.1) is 11.1 Å². The van der Waals surface area contributed by atoms with E-state index in [2.05, 4.69) is 59.1 Å². The van der Waals surface area contributed by atoms with E-state index in [-0.39, 0.29) is 11.5 Å². The molecule has 0 unspecified atom stereocenters. The smallest absolute Gasteiger partial charge is 0.337 e. The predicted octanol–water partition coefficient (Wildman–Crippen LogP) is 5.48. The topological polar surface area (TPSA) is 42.2 Å². The van der Waals surface area contributed by atoms with E-state index >= 15 is 0 Å². The van der Waals surface area contributed by atoms with Crippen molar-refractivity contribution >= 4 is 16.9 Å². The number of carboxylic acids is 1. The second-order valence-corrected chi connectivity index (χ2v) is 7.75. The summed E-state index contributed by atoms with van der Waals surface area (Å²) in [4.78, 5) is 11.9. The molecule has 0 spiro atoms. The molecule has 1 aromatic carbocycles. The maximum atomic E-state index is 11.9. The maximum Gasteiger partial charge on any atom is 0.337 e. The van der Waals surface area contributed by atoms with Crippen molar-refractivity contribution in [3.63, 3.8) is 0 Å². The van der Waals surface area contributed by atoms with Crippen molar-refractivity contribution in [3.8, 4) is 0 Å². The number of fused-ring (bicyclic) bond motifs is 1. The summed E-state index contributed by atoms with van der Waals surface area (Å²) in [5.74, 6) is -0.844. The van der Waals surface area contributed by atoms with Crippen LogP contribution in [0.5, 0.6) is 0 Å². The highest BCUT2D eigenvalue weighted by Gasteiger charge is 2.25. The number of rotatable bonds is 4. The standard InChI is InChI=1S/C20H29NO2/c1-8-9-15-13(4)21(12(2)3)18-16(15)10-14(20(5,6)7)11-17(18)19(22)23/h10-12H,8-9H2,1-7H3,(H,22,23). The molecule has 1 aromatic heterocycles. The number of hydrogen-bond donors (Lipinski definition) is 1. The Hall–Kier alpha value is -1.77. The highest BCUT2D eigenvalue weighted by atomic mass is 16.4. The van der Waals surface area contributed by atoms with Gasteiger partial charge in [0.1, 0.15) is 0 Å². The third-order valence-corrected chi connectivity index (χ3v) is 4.59. The van der Waals surface area contributed by atoms with Gasteiger partial charge in [-0.15, -0.1) is 0 Å². The summed E-state index contributed by atoms with van der Waals surface area (Å²) in [5, 5.41) is 10.9. The molecule has 3 heteroatoms. The first-order valence-electron chi connectivity index (χ1n) is 8.50. The second-order valence-electron chi connectivity index (χ2n) is 7.75. The second kappa shape index (κ2) is 6.03. The summed E-state index contributed by atoms with van der Waals surface area (Å²) in [5.41, 5.74) is 4.80. The molecule has 0 radical (unpaired) electrons. The lowest BCUT2D eigenvalue weighted by molar-refractivity contribution is 0.0698. The van der Waals surface area contributed by atoms with Crippen LogP contribution in [0.3, 0.4) is 0 Å². The molecule has 0 saturated carbocycles. The molecule has 1 heterocycles. The SMILES string of the molecule is CCCc1c(C)n(C(C)C)c2c(C(=O)O)cc(C(C)(C)C)cc12. The van der Waals surface area contributed by atoms with E-state index in [9.17, 15) is 9.90 Å². The normalized spacial score (nSPS) is 12.3. The first-order chi connectivity index (χ1) is 10.6. The summed E-state index contributed by atoms with van der Waals surface area (Å²) in [6, 6.07) is 4.30. The molecule has 0 saturated heterocycles. The lowest BCUT2D eigenvalue weighted by Crippen LogP contribution is -2.14. The number of carbonyl (C=O) groups is 1. The molecule has 0 amide bonds. The number of aromatic nitrogens is 1. The minimum absolute atomic E-state index is 0.0737. The van der Waals surface area contributed by atoms with Crippen LogP contribution in [0.15, 0.2) is 12.1 Å². The van der Waals surface area contributed by atoms with Gasteiger partial charge in [-0.1, -0.05) is 34.1 Å². The van der Waals surface area contributed by atoms with Crippen LogP contribution in [0.1, 0.15) is 81.2 Å². The van der Waals surface area contributed by atoms with Crippen molar-refractivity contribution in [1.82, 2.24) is 4.57 Å². The fourth-order valence-electron chi connectivity index (χ4n) is 3.44. The number of hydrogen-bond acceptors (Lipinski definition) is 1. The lowest BCUT2D eigenvalue weighted by atomic mass is 9.84. The van der Waals surface area contributed by atoms with Crippen molar-refractivity contribution in [2.24, 2.45) is 0 Å². The zero-order valence-electron chi connectivity index (χ0n) is 15.4. The number of benzene rings is 1. The van der Waals surface area contributed by atoms with Crippen molar-refractivity contribution in [3.05, 3.63) is 34.5 Å². The van der Waals surface area contributed by atoms with Gasteiger partial charge in [0.25, 0.3) is 0 Å². The molecule has 1 N–H and O–H groups in total. The Morgan fingerprint density at radius 3 is 2.30 bits per heavy atom. The summed E-state index contributed by atoms with van der Waals surface area (Å²) < 4.78 is 2.19. The molecule has 23 heavy (non-hydrogen) atoms. The summed E-state index contributed by atoms with van der Waals surface area (Å²) in [7, 11) is 0. The van der Waals surface area contributed by atoms with Gasteiger partial charge in [0, 0.05) is 17.1 Å². The van der Waals surface area contributed by atoms with E-state index in [1.165, 1.54) is 11.3 Å². The van der Waals surface area contributed by atoms with E-state index in [4.69, 9.17) is 0 Å². The predicted molar refractivity (Wildman–Crippen MR) is 96.7 cm³/mol. The first kappa shape index (κ1) is 17.6. The van der Waals surface area contributed by atoms with Crippen molar-refractivity contribution < 1.29 is 9.90 Å². The van der Waals surface area contributed by atoms with Gasteiger partial charge in [-0.05, 0) is 55.9 Å². The van der Waals surface area contributed by atoms with E-state index in [1.54, 1.807) is 0 Å². The van der Waals surface area contributed by atoms with Gasteiger partial charge < -0.3 is 9.67 Å². The van der Waals surface area contributed by atoms with Crippen molar-refractivity contribution in [2.75, 3.05) is 0 Å². The van der Waals surface area contributed by atoms with E-state index in [0.717, 1.165) is 29.3 Å². The van der Waals surface area contributed by atoms with Crippen LogP contribution < -0.4 is 0 Å². The van der Waals surface area contributed by atoms with Gasteiger partial charge >= 0.3 is 5.97 Å². The van der Waals surface area contributed by atoms with Gasteiger partial charge in [0.15, 0.2) is 0 Å².